The number of rotatable bonds is 1. The van der Waals surface area contributed by atoms with Gasteiger partial charge in [0, 0.05) is 6.42 Å². The highest BCUT2D eigenvalue weighted by Crippen LogP contribution is 2.28. The van der Waals surface area contributed by atoms with Crippen LogP contribution in [-0.2, 0) is 11.2 Å². The van der Waals surface area contributed by atoms with E-state index in [1.807, 2.05) is 24.3 Å². The first-order valence-electron chi connectivity index (χ1n) is 4.02. The zero-order valence-corrected chi connectivity index (χ0v) is 6.91. The molecule has 0 saturated heterocycles. The van der Waals surface area contributed by atoms with Gasteiger partial charge in [-0.25, -0.2) is 0 Å². The fourth-order valence-electron chi connectivity index (χ4n) is 1.41. The second-order valence-electron chi connectivity index (χ2n) is 3.03. The molecule has 0 aromatic heterocycles. The number of carbonyl (C=O) groups is 1. The van der Waals surface area contributed by atoms with E-state index in [9.17, 15) is 4.79 Å². The minimum Gasteiger partial charge on any atom is -0.482 e. The molecule has 0 spiro atoms. The van der Waals surface area contributed by atoms with Crippen molar-refractivity contribution in [3.8, 4) is 5.75 Å². The summed E-state index contributed by atoms with van der Waals surface area (Å²) in [6.45, 7) is 1.57. The number of fused-ring (bicyclic) bond motifs is 1. The lowest BCUT2D eigenvalue weighted by Crippen LogP contribution is -2.21. The first-order valence-corrected chi connectivity index (χ1v) is 4.02. The van der Waals surface area contributed by atoms with Crippen molar-refractivity contribution in [1.82, 2.24) is 0 Å². The molecule has 2 rings (SSSR count). The van der Waals surface area contributed by atoms with E-state index in [4.69, 9.17) is 4.74 Å². The smallest absolute Gasteiger partial charge is 0.170 e. The summed E-state index contributed by atoms with van der Waals surface area (Å²) in [5, 5.41) is 0. The maximum atomic E-state index is 11.0. The Hall–Kier alpha value is -1.31. The number of benzene rings is 1. The molecule has 0 amide bonds. The highest BCUT2D eigenvalue weighted by molar-refractivity contribution is 5.82. The van der Waals surface area contributed by atoms with Gasteiger partial charge in [-0.1, -0.05) is 18.2 Å². The van der Waals surface area contributed by atoms with Gasteiger partial charge >= 0.3 is 0 Å². The second-order valence-corrected chi connectivity index (χ2v) is 3.03. The Balaban J connectivity index is 2.27. The molecule has 62 valence electrons. The lowest BCUT2D eigenvalue weighted by molar-refractivity contribution is -0.122. The quantitative estimate of drug-likeness (QED) is 0.626. The largest absolute Gasteiger partial charge is 0.482 e. The highest BCUT2D eigenvalue weighted by Gasteiger charge is 2.25. The summed E-state index contributed by atoms with van der Waals surface area (Å²) in [6, 6.07) is 7.78. The molecular weight excluding hydrogens is 152 g/mol. The van der Waals surface area contributed by atoms with Crippen molar-refractivity contribution in [2.75, 3.05) is 0 Å². The summed E-state index contributed by atoms with van der Waals surface area (Å²) in [4.78, 5) is 11.0. The Morgan fingerprint density at radius 1 is 1.50 bits per heavy atom. The summed E-state index contributed by atoms with van der Waals surface area (Å²) < 4.78 is 5.42. The van der Waals surface area contributed by atoms with Gasteiger partial charge in [0.2, 0.25) is 0 Å². The number of para-hydroxylation sites is 1. The van der Waals surface area contributed by atoms with E-state index in [2.05, 4.69) is 0 Å². The summed E-state index contributed by atoms with van der Waals surface area (Å²) in [7, 11) is 0. The molecule has 0 N–H and O–H groups in total. The van der Waals surface area contributed by atoms with Gasteiger partial charge in [0.05, 0.1) is 0 Å². The first kappa shape index (κ1) is 7.35. The number of Topliss-reactive ketones (excluding diaryl/α,β-unsaturated/α-hetero) is 1. The molecule has 0 bridgehead atoms. The number of hydrogen-bond acceptors (Lipinski definition) is 2. The standard InChI is InChI=1S/C10H10O2/c1-7(11)10-6-8-4-2-3-5-9(8)12-10/h2-5,10H,6H2,1H3. The van der Waals surface area contributed by atoms with Gasteiger partial charge < -0.3 is 4.74 Å². The Morgan fingerprint density at radius 3 is 2.92 bits per heavy atom. The molecule has 1 aromatic carbocycles. The van der Waals surface area contributed by atoms with Crippen LogP contribution in [0.25, 0.3) is 0 Å². The third kappa shape index (κ3) is 1.09. The van der Waals surface area contributed by atoms with Crippen molar-refractivity contribution < 1.29 is 9.53 Å². The van der Waals surface area contributed by atoms with E-state index in [1.165, 1.54) is 0 Å². The minimum absolute atomic E-state index is 0.103. The van der Waals surface area contributed by atoms with Crippen LogP contribution in [0.2, 0.25) is 0 Å². The van der Waals surface area contributed by atoms with Crippen LogP contribution >= 0.6 is 0 Å². The van der Waals surface area contributed by atoms with E-state index in [0.717, 1.165) is 17.7 Å². The molecule has 1 aliphatic heterocycles. The molecule has 0 aliphatic carbocycles. The van der Waals surface area contributed by atoms with Gasteiger partial charge in [-0.2, -0.15) is 0 Å². The van der Waals surface area contributed by atoms with Crippen molar-refractivity contribution in [1.29, 1.82) is 0 Å². The number of ketones is 1. The van der Waals surface area contributed by atoms with E-state index in [-0.39, 0.29) is 11.9 Å². The predicted octanol–water partition coefficient (Wildman–Crippen LogP) is 1.58. The Bertz CT molecular complexity index is 292. The molecule has 12 heavy (non-hydrogen) atoms. The average molecular weight is 162 g/mol. The summed E-state index contributed by atoms with van der Waals surface area (Å²) in [5.41, 5.74) is 1.14. The molecule has 2 heteroatoms. The normalized spacial score (nSPS) is 19.9. The molecule has 1 heterocycles. The van der Waals surface area contributed by atoms with Crippen LogP contribution in [0.1, 0.15) is 12.5 Å². The van der Waals surface area contributed by atoms with E-state index in [1.54, 1.807) is 6.92 Å². The number of ether oxygens (including phenoxy) is 1. The van der Waals surface area contributed by atoms with Gasteiger partial charge in [-0.15, -0.1) is 0 Å². The maximum Gasteiger partial charge on any atom is 0.170 e. The Kier molecular flexibility index (Phi) is 1.61. The van der Waals surface area contributed by atoms with Crippen molar-refractivity contribution in [3.05, 3.63) is 29.8 Å². The van der Waals surface area contributed by atoms with Crippen molar-refractivity contribution in [3.63, 3.8) is 0 Å². The molecule has 0 saturated carbocycles. The summed E-state index contributed by atoms with van der Waals surface area (Å²) in [6.07, 6.45) is 0.480. The van der Waals surface area contributed by atoms with Crippen molar-refractivity contribution >= 4 is 5.78 Å². The summed E-state index contributed by atoms with van der Waals surface area (Å²) >= 11 is 0. The first-order chi connectivity index (χ1) is 5.77. The fourth-order valence-corrected chi connectivity index (χ4v) is 1.41. The Labute approximate surface area is 71.2 Å². The van der Waals surface area contributed by atoms with Gasteiger partial charge in [-0.3, -0.25) is 4.79 Å². The molecule has 1 aromatic rings. The lowest BCUT2D eigenvalue weighted by Gasteiger charge is -2.04. The van der Waals surface area contributed by atoms with Crippen molar-refractivity contribution in [2.24, 2.45) is 0 Å². The fraction of sp³-hybridized carbons (Fsp3) is 0.300. The topological polar surface area (TPSA) is 26.3 Å². The molecule has 0 fully saturated rings. The van der Waals surface area contributed by atoms with Crippen LogP contribution in [0.4, 0.5) is 0 Å². The molecule has 0 radical (unpaired) electrons. The van der Waals surface area contributed by atoms with Gasteiger partial charge in [-0.05, 0) is 18.6 Å². The Morgan fingerprint density at radius 2 is 2.25 bits per heavy atom. The number of hydrogen-bond donors (Lipinski definition) is 0. The zero-order valence-electron chi connectivity index (χ0n) is 6.91. The van der Waals surface area contributed by atoms with Crippen LogP contribution in [0.3, 0.4) is 0 Å². The zero-order chi connectivity index (χ0) is 8.55. The van der Waals surface area contributed by atoms with Crippen LogP contribution < -0.4 is 4.74 Å². The van der Waals surface area contributed by atoms with Crippen LogP contribution in [0.15, 0.2) is 24.3 Å². The minimum atomic E-state index is -0.248. The molecule has 2 nitrogen and oxygen atoms in total. The third-order valence-electron chi connectivity index (χ3n) is 2.10. The van der Waals surface area contributed by atoms with E-state index < -0.39 is 0 Å². The van der Waals surface area contributed by atoms with E-state index in [0.29, 0.717) is 0 Å². The van der Waals surface area contributed by atoms with Gasteiger partial charge in [0.15, 0.2) is 11.9 Å². The van der Waals surface area contributed by atoms with Gasteiger partial charge in [0.1, 0.15) is 5.75 Å². The maximum absolute atomic E-state index is 11.0. The molecule has 1 aliphatic rings. The molecule has 1 atom stereocenters. The molecule has 1 unspecified atom stereocenters. The third-order valence-corrected chi connectivity index (χ3v) is 2.10. The van der Waals surface area contributed by atoms with Crippen molar-refractivity contribution in [2.45, 2.75) is 19.4 Å². The van der Waals surface area contributed by atoms with E-state index >= 15 is 0 Å². The second kappa shape index (κ2) is 2.63. The monoisotopic (exact) mass is 162 g/mol. The SMILES string of the molecule is CC(=O)C1Cc2ccccc2O1. The van der Waals surface area contributed by atoms with Crippen LogP contribution in [0.5, 0.6) is 5.75 Å². The summed E-state index contributed by atoms with van der Waals surface area (Å²) in [5.74, 6) is 0.962. The lowest BCUT2D eigenvalue weighted by atomic mass is 10.1. The molecular formula is C10H10O2. The number of carbonyl (C=O) groups excluding carboxylic acids is 1. The predicted molar refractivity (Wildman–Crippen MR) is 45.2 cm³/mol. The van der Waals surface area contributed by atoms with Crippen LogP contribution in [0, 0.1) is 0 Å². The van der Waals surface area contributed by atoms with Gasteiger partial charge in [0.25, 0.3) is 0 Å². The van der Waals surface area contributed by atoms with Crippen LogP contribution in [-0.4, -0.2) is 11.9 Å². The average Bonchev–Trinajstić information content (AvgIpc) is 2.46. The highest BCUT2D eigenvalue weighted by atomic mass is 16.5.